The van der Waals surface area contributed by atoms with Gasteiger partial charge < -0.3 is 10.6 Å². The van der Waals surface area contributed by atoms with E-state index in [0.29, 0.717) is 6.42 Å². The van der Waals surface area contributed by atoms with Gasteiger partial charge in [-0.15, -0.1) is 0 Å². The van der Waals surface area contributed by atoms with Gasteiger partial charge in [-0.2, -0.15) is 0 Å². The fourth-order valence-electron chi connectivity index (χ4n) is 2.54. The standard InChI is InChI=1S/C15H22N2O/c1-16-15(18)10-5-11-17-14-9-4-7-12-6-2-3-8-13(12)14/h4,7,9,17H,2-3,5-6,8,10-11H2,1H3,(H,16,18). The van der Waals surface area contributed by atoms with Crippen LogP contribution in [0.2, 0.25) is 0 Å². The van der Waals surface area contributed by atoms with Gasteiger partial charge in [-0.3, -0.25) is 4.79 Å². The third-order valence-corrected chi connectivity index (χ3v) is 3.57. The monoisotopic (exact) mass is 246 g/mol. The van der Waals surface area contributed by atoms with E-state index in [9.17, 15) is 4.79 Å². The largest absolute Gasteiger partial charge is 0.385 e. The van der Waals surface area contributed by atoms with E-state index in [1.807, 2.05) is 0 Å². The Kier molecular flexibility index (Phi) is 4.62. The minimum atomic E-state index is 0.117. The van der Waals surface area contributed by atoms with Gasteiger partial charge in [0.15, 0.2) is 0 Å². The predicted octanol–water partition coefficient (Wildman–Crippen LogP) is 2.50. The molecule has 0 spiro atoms. The first-order valence-corrected chi connectivity index (χ1v) is 6.86. The van der Waals surface area contributed by atoms with Gasteiger partial charge >= 0.3 is 0 Å². The summed E-state index contributed by atoms with van der Waals surface area (Å²) in [6.45, 7) is 0.865. The number of amides is 1. The lowest BCUT2D eigenvalue weighted by Crippen LogP contribution is -2.18. The number of carbonyl (C=O) groups excluding carboxylic acids is 1. The Balaban J connectivity index is 1.88. The molecule has 0 saturated heterocycles. The Labute approximate surface area is 109 Å². The molecule has 1 aliphatic rings. The first-order chi connectivity index (χ1) is 8.81. The second-order valence-corrected chi connectivity index (χ2v) is 4.85. The smallest absolute Gasteiger partial charge is 0.219 e. The summed E-state index contributed by atoms with van der Waals surface area (Å²) in [6, 6.07) is 6.53. The summed E-state index contributed by atoms with van der Waals surface area (Å²) in [5, 5.41) is 6.12. The third-order valence-electron chi connectivity index (χ3n) is 3.57. The highest BCUT2D eigenvalue weighted by atomic mass is 16.1. The minimum Gasteiger partial charge on any atom is -0.385 e. The van der Waals surface area contributed by atoms with Gasteiger partial charge in [0.25, 0.3) is 0 Å². The Morgan fingerprint density at radius 2 is 2.11 bits per heavy atom. The molecular formula is C15H22N2O. The normalized spacial score (nSPS) is 13.8. The summed E-state index contributed by atoms with van der Waals surface area (Å²) < 4.78 is 0. The summed E-state index contributed by atoms with van der Waals surface area (Å²) in [4.78, 5) is 11.1. The van der Waals surface area contributed by atoms with Gasteiger partial charge in [0.1, 0.15) is 0 Å². The number of hydrogen-bond donors (Lipinski definition) is 2. The van der Waals surface area contributed by atoms with Crippen molar-refractivity contribution in [3.05, 3.63) is 29.3 Å². The van der Waals surface area contributed by atoms with E-state index in [4.69, 9.17) is 0 Å². The van der Waals surface area contributed by atoms with Crippen molar-refractivity contribution in [2.45, 2.75) is 38.5 Å². The maximum absolute atomic E-state index is 11.1. The highest BCUT2D eigenvalue weighted by Gasteiger charge is 2.12. The number of rotatable bonds is 5. The molecule has 1 aromatic rings. The molecule has 2 N–H and O–H groups in total. The molecule has 98 valence electrons. The first kappa shape index (κ1) is 12.9. The van der Waals surface area contributed by atoms with Gasteiger partial charge in [0.2, 0.25) is 5.91 Å². The van der Waals surface area contributed by atoms with Gasteiger partial charge in [0, 0.05) is 25.7 Å². The molecule has 3 nitrogen and oxygen atoms in total. The van der Waals surface area contributed by atoms with Crippen LogP contribution in [0.3, 0.4) is 0 Å². The molecule has 1 aliphatic carbocycles. The van der Waals surface area contributed by atoms with E-state index in [2.05, 4.69) is 28.8 Å². The number of aryl methyl sites for hydroxylation is 1. The number of hydrogen-bond acceptors (Lipinski definition) is 2. The minimum absolute atomic E-state index is 0.117. The molecule has 1 amide bonds. The zero-order valence-corrected chi connectivity index (χ0v) is 11.1. The molecule has 2 rings (SSSR count). The molecule has 0 aliphatic heterocycles. The molecular weight excluding hydrogens is 224 g/mol. The molecule has 0 bridgehead atoms. The van der Waals surface area contributed by atoms with Crippen molar-refractivity contribution < 1.29 is 4.79 Å². The zero-order chi connectivity index (χ0) is 12.8. The average molecular weight is 246 g/mol. The van der Waals surface area contributed by atoms with Crippen LogP contribution in [0.4, 0.5) is 5.69 Å². The second kappa shape index (κ2) is 6.43. The Morgan fingerprint density at radius 1 is 1.28 bits per heavy atom. The van der Waals surface area contributed by atoms with Gasteiger partial charge in [-0.1, -0.05) is 12.1 Å². The fraction of sp³-hybridized carbons (Fsp3) is 0.533. The Bertz CT molecular complexity index is 415. The summed E-state index contributed by atoms with van der Waals surface area (Å²) in [5.74, 6) is 0.117. The van der Waals surface area contributed by atoms with Crippen LogP contribution in [-0.2, 0) is 17.6 Å². The lowest BCUT2D eigenvalue weighted by Gasteiger charge is -2.20. The summed E-state index contributed by atoms with van der Waals surface area (Å²) in [7, 11) is 1.68. The Hall–Kier alpha value is -1.51. The predicted molar refractivity (Wildman–Crippen MR) is 74.9 cm³/mol. The maximum atomic E-state index is 11.1. The molecule has 0 saturated carbocycles. The highest BCUT2D eigenvalue weighted by molar-refractivity contribution is 5.75. The number of nitrogens with one attached hydrogen (secondary N) is 2. The van der Waals surface area contributed by atoms with Gasteiger partial charge in [-0.25, -0.2) is 0 Å². The van der Waals surface area contributed by atoms with Crippen LogP contribution in [0.25, 0.3) is 0 Å². The van der Waals surface area contributed by atoms with Crippen molar-refractivity contribution in [2.75, 3.05) is 18.9 Å². The van der Waals surface area contributed by atoms with Crippen molar-refractivity contribution >= 4 is 11.6 Å². The maximum Gasteiger partial charge on any atom is 0.219 e. The quantitative estimate of drug-likeness (QED) is 0.784. The number of carbonyl (C=O) groups is 1. The van der Waals surface area contributed by atoms with Crippen molar-refractivity contribution in [3.8, 4) is 0 Å². The van der Waals surface area contributed by atoms with Crippen LogP contribution in [0.5, 0.6) is 0 Å². The highest BCUT2D eigenvalue weighted by Crippen LogP contribution is 2.27. The zero-order valence-electron chi connectivity index (χ0n) is 11.1. The van der Waals surface area contributed by atoms with Crippen LogP contribution >= 0.6 is 0 Å². The van der Waals surface area contributed by atoms with Crippen molar-refractivity contribution in [3.63, 3.8) is 0 Å². The topological polar surface area (TPSA) is 41.1 Å². The summed E-state index contributed by atoms with van der Waals surface area (Å²) in [5.41, 5.74) is 4.25. The molecule has 1 aromatic carbocycles. The molecule has 0 fully saturated rings. The summed E-state index contributed by atoms with van der Waals surface area (Å²) in [6.07, 6.45) is 6.48. The van der Waals surface area contributed by atoms with Crippen molar-refractivity contribution in [2.24, 2.45) is 0 Å². The van der Waals surface area contributed by atoms with Crippen LogP contribution in [0, 0.1) is 0 Å². The van der Waals surface area contributed by atoms with Gasteiger partial charge in [0.05, 0.1) is 0 Å². The molecule has 0 atom stereocenters. The Morgan fingerprint density at radius 3 is 2.94 bits per heavy atom. The van der Waals surface area contributed by atoms with E-state index < -0.39 is 0 Å². The third kappa shape index (κ3) is 3.25. The van der Waals surface area contributed by atoms with Crippen LogP contribution in [-0.4, -0.2) is 19.5 Å². The van der Waals surface area contributed by atoms with Crippen molar-refractivity contribution in [1.29, 1.82) is 0 Å². The van der Waals surface area contributed by atoms with Crippen molar-refractivity contribution in [1.82, 2.24) is 5.32 Å². The van der Waals surface area contributed by atoms with E-state index in [-0.39, 0.29) is 5.91 Å². The van der Waals surface area contributed by atoms with Gasteiger partial charge in [-0.05, 0) is 49.3 Å². The van der Waals surface area contributed by atoms with Crippen LogP contribution in [0.15, 0.2) is 18.2 Å². The van der Waals surface area contributed by atoms with Crippen LogP contribution in [0.1, 0.15) is 36.8 Å². The lowest BCUT2D eigenvalue weighted by molar-refractivity contribution is -0.120. The molecule has 18 heavy (non-hydrogen) atoms. The van der Waals surface area contributed by atoms with Crippen LogP contribution < -0.4 is 10.6 Å². The fourth-order valence-corrected chi connectivity index (χ4v) is 2.54. The second-order valence-electron chi connectivity index (χ2n) is 4.85. The SMILES string of the molecule is CNC(=O)CCCNc1cccc2c1CCCC2. The average Bonchev–Trinajstić information content (AvgIpc) is 2.43. The van der Waals surface area contributed by atoms with E-state index in [1.54, 1.807) is 7.05 Å². The molecule has 0 heterocycles. The molecule has 3 heteroatoms. The first-order valence-electron chi connectivity index (χ1n) is 6.86. The van der Waals surface area contributed by atoms with E-state index in [1.165, 1.54) is 42.5 Å². The molecule has 0 unspecified atom stereocenters. The number of fused-ring (bicyclic) bond motifs is 1. The molecule has 0 aromatic heterocycles. The number of anilines is 1. The summed E-state index contributed by atoms with van der Waals surface area (Å²) >= 11 is 0. The van der Waals surface area contributed by atoms with E-state index in [0.717, 1.165) is 13.0 Å². The van der Waals surface area contributed by atoms with E-state index >= 15 is 0 Å². The lowest BCUT2D eigenvalue weighted by atomic mass is 9.90. The molecule has 0 radical (unpaired) electrons. The number of benzene rings is 1.